The molecule has 2 nitrogen and oxygen atoms in total. The molecular formula is C14H20N2. The Labute approximate surface area is 98.5 Å². The molecule has 16 heavy (non-hydrogen) atoms. The number of nitrogens with zero attached hydrogens (tertiary/aromatic N) is 1. The minimum absolute atomic E-state index is 0.329. The smallest absolute Gasteiger partial charge is 0.0434 e. The molecule has 0 saturated carbocycles. The summed E-state index contributed by atoms with van der Waals surface area (Å²) in [6.07, 6.45) is 5.76. The molecule has 1 N–H and O–H groups in total. The first-order valence-electron chi connectivity index (χ1n) is 5.83. The molecule has 2 heteroatoms. The number of rotatable bonds is 5. The number of hydrogen-bond acceptors (Lipinski definition) is 2. The van der Waals surface area contributed by atoms with Crippen molar-refractivity contribution in [2.75, 3.05) is 6.54 Å². The Kier molecular flexibility index (Phi) is 5.60. The van der Waals surface area contributed by atoms with Crippen molar-refractivity contribution in [2.24, 2.45) is 0 Å². The van der Waals surface area contributed by atoms with Gasteiger partial charge in [0.05, 0.1) is 0 Å². The van der Waals surface area contributed by atoms with Crippen LogP contribution < -0.4 is 5.32 Å². The van der Waals surface area contributed by atoms with Crippen molar-refractivity contribution >= 4 is 0 Å². The van der Waals surface area contributed by atoms with E-state index in [1.807, 2.05) is 19.3 Å². The van der Waals surface area contributed by atoms with E-state index in [1.165, 1.54) is 11.1 Å². The topological polar surface area (TPSA) is 24.9 Å². The molecule has 1 aromatic heterocycles. The van der Waals surface area contributed by atoms with Crippen LogP contribution in [-0.4, -0.2) is 11.5 Å². The Morgan fingerprint density at radius 2 is 2.31 bits per heavy atom. The molecule has 1 atom stereocenters. The van der Waals surface area contributed by atoms with Crippen molar-refractivity contribution < 1.29 is 0 Å². The summed E-state index contributed by atoms with van der Waals surface area (Å²) in [7, 11) is 0. The first kappa shape index (κ1) is 12.7. The van der Waals surface area contributed by atoms with Crippen LogP contribution in [0.25, 0.3) is 0 Å². The van der Waals surface area contributed by atoms with Crippen LogP contribution in [0.5, 0.6) is 0 Å². The second-order valence-electron chi connectivity index (χ2n) is 3.87. The molecule has 1 heterocycles. The predicted octanol–water partition coefficient (Wildman–Crippen LogP) is 2.84. The lowest BCUT2D eigenvalue weighted by Crippen LogP contribution is -2.22. The van der Waals surface area contributed by atoms with E-state index in [0.717, 1.165) is 19.4 Å². The summed E-state index contributed by atoms with van der Waals surface area (Å²) in [5.41, 5.74) is 2.54. The third-order valence-corrected chi connectivity index (χ3v) is 2.56. The number of aryl methyl sites for hydroxylation is 1. The van der Waals surface area contributed by atoms with E-state index in [2.05, 4.69) is 42.1 Å². The Morgan fingerprint density at radius 1 is 1.50 bits per heavy atom. The van der Waals surface area contributed by atoms with Crippen molar-refractivity contribution in [1.29, 1.82) is 0 Å². The zero-order valence-corrected chi connectivity index (χ0v) is 10.4. The highest BCUT2D eigenvalue weighted by Gasteiger charge is 2.11. The summed E-state index contributed by atoms with van der Waals surface area (Å²) in [5.74, 6) is 6.11. The highest BCUT2D eigenvalue weighted by atomic mass is 14.9. The van der Waals surface area contributed by atoms with Gasteiger partial charge in [0.25, 0.3) is 0 Å². The fourth-order valence-corrected chi connectivity index (χ4v) is 1.69. The summed E-state index contributed by atoms with van der Waals surface area (Å²) in [5, 5.41) is 3.53. The van der Waals surface area contributed by atoms with Gasteiger partial charge in [-0.3, -0.25) is 4.98 Å². The molecule has 0 amide bonds. The summed E-state index contributed by atoms with van der Waals surface area (Å²) >= 11 is 0. The number of hydrogen-bond donors (Lipinski definition) is 1. The lowest BCUT2D eigenvalue weighted by molar-refractivity contribution is 0.539. The van der Waals surface area contributed by atoms with Crippen molar-refractivity contribution in [3.8, 4) is 11.8 Å². The minimum atomic E-state index is 0.329. The summed E-state index contributed by atoms with van der Waals surface area (Å²) < 4.78 is 0. The van der Waals surface area contributed by atoms with E-state index >= 15 is 0 Å². The van der Waals surface area contributed by atoms with Gasteiger partial charge in [-0.2, -0.15) is 0 Å². The van der Waals surface area contributed by atoms with E-state index in [0.29, 0.717) is 6.04 Å². The van der Waals surface area contributed by atoms with Crippen LogP contribution in [0.15, 0.2) is 18.5 Å². The van der Waals surface area contributed by atoms with Gasteiger partial charge in [0.1, 0.15) is 0 Å². The van der Waals surface area contributed by atoms with Gasteiger partial charge in [0, 0.05) is 24.9 Å². The lowest BCUT2D eigenvalue weighted by Gasteiger charge is -2.18. The second-order valence-corrected chi connectivity index (χ2v) is 3.87. The average molecular weight is 216 g/mol. The number of aromatic nitrogens is 1. The Balaban J connectivity index is 2.81. The maximum absolute atomic E-state index is 4.12. The standard InChI is InChI=1S/C14H20N2/c1-4-6-7-14(16-9-5-2)13-8-10-15-11-12(13)3/h8,10-11,14,16H,5,7,9H2,1-3H3. The molecule has 0 aliphatic heterocycles. The maximum Gasteiger partial charge on any atom is 0.0434 e. The van der Waals surface area contributed by atoms with Crippen LogP contribution in [0.4, 0.5) is 0 Å². The van der Waals surface area contributed by atoms with Crippen LogP contribution in [-0.2, 0) is 0 Å². The van der Waals surface area contributed by atoms with Gasteiger partial charge < -0.3 is 5.32 Å². The van der Waals surface area contributed by atoms with Crippen LogP contribution in [0, 0.1) is 18.8 Å². The highest BCUT2D eigenvalue weighted by Crippen LogP contribution is 2.19. The van der Waals surface area contributed by atoms with E-state index in [9.17, 15) is 0 Å². The van der Waals surface area contributed by atoms with Gasteiger partial charge in [0.2, 0.25) is 0 Å². The molecule has 1 aromatic rings. The zero-order chi connectivity index (χ0) is 11.8. The third-order valence-electron chi connectivity index (χ3n) is 2.56. The molecule has 0 bridgehead atoms. The zero-order valence-electron chi connectivity index (χ0n) is 10.4. The molecule has 0 fully saturated rings. The second kappa shape index (κ2) is 7.03. The monoisotopic (exact) mass is 216 g/mol. The first-order valence-corrected chi connectivity index (χ1v) is 5.83. The Hall–Kier alpha value is -1.33. The summed E-state index contributed by atoms with van der Waals surface area (Å²) in [6, 6.07) is 2.41. The fraction of sp³-hybridized carbons (Fsp3) is 0.500. The van der Waals surface area contributed by atoms with Crippen LogP contribution in [0.3, 0.4) is 0 Å². The van der Waals surface area contributed by atoms with Crippen molar-refractivity contribution in [3.05, 3.63) is 29.6 Å². The summed E-state index contributed by atoms with van der Waals surface area (Å²) in [6.45, 7) is 7.19. The van der Waals surface area contributed by atoms with Crippen LogP contribution in [0.1, 0.15) is 43.9 Å². The Bertz CT molecular complexity index is 374. The van der Waals surface area contributed by atoms with Gasteiger partial charge in [0.15, 0.2) is 0 Å². The normalized spacial score (nSPS) is 11.7. The van der Waals surface area contributed by atoms with Crippen molar-refractivity contribution in [1.82, 2.24) is 10.3 Å². The SMILES string of the molecule is CC#CCC(NCCC)c1ccncc1C. The molecule has 1 rings (SSSR count). The summed E-state index contributed by atoms with van der Waals surface area (Å²) in [4.78, 5) is 4.12. The van der Waals surface area contributed by atoms with Gasteiger partial charge in [-0.05, 0) is 44.0 Å². The molecule has 0 aromatic carbocycles. The number of pyridine rings is 1. The van der Waals surface area contributed by atoms with Gasteiger partial charge in [-0.25, -0.2) is 0 Å². The fourth-order valence-electron chi connectivity index (χ4n) is 1.69. The van der Waals surface area contributed by atoms with Gasteiger partial charge >= 0.3 is 0 Å². The molecule has 0 saturated heterocycles. The van der Waals surface area contributed by atoms with Gasteiger partial charge in [-0.1, -0.05) is 6.92 Å². The molecule has 0 aliphatic rings. The molecule has 86 valence electrons. The minimum Gasteiger partial charge on any atom is -0.309 e. The van der Waals surface area contributed by atoms with E-state index in [4.69, 9.17) is 0 Å². The van der Waals surface area contributed by atoms with E-state index < -0.39 is 0 Å². The molecule has 0 aliphatic carbocycles. The van der Waals surface area contributed by atoms with Crippen molar-refractivity contribution in [2.45, 2.75) is 39.7 Å². The highest BCUT2D eigenvalue weighted by molar-refractivity contribution is 5.26. The van der Waals surface area contributed by atoms with Crippen LogP contribution in [0.2, 0.25) is 0 Å². The average Bonchev–Trinajstić information content (AvgIpc) is 2.31. The lowest BCUT2D eigenvalue weighted by atomic mass is 10.0. The number of nitrogens with one attached hydrogen (secondary N) is 1. The van der Waals surface area contributed by atoms with Crippen LogP contribution >= 0.6 is 0 Å². The molecular weight excluding hydrogens is 196 g/mol. The first-order chi connectivity index (χ1) is 7.79. The Morgan fingerprint density at radius 3 is 2.94 bits per heavy atom. The quantitative estimate of drug-likeness (QED) is 0.766. The molecule has 1 unspecified atom stereocenters. The molecule has 0 spiro atoms. The van der Waals surface area contributed by atoms with E-state index in [1.54, 1.807) is 0 Å². The van der Waals surface area contributed by atoms with Crippen molar-refractivity contribution in [3.63, 3.8) is 0 Å². The predicted molar refractivity (Wildman–Crippen MR) is 68.1 cm³/mol. The van der Waals surface area contributed by atoms with Gasteiger partial charge in [-0.15, -0.1) is 11.8 Å². The largest absolute Gasteiger partial charge is 0.309 e. The maximum atomic E-state index is 4.12. The molecule has 0 radical (unpaired) electrons. The van der Waals surface area contributed by atoms with E-state index in [-0.39, 0.29) is 0 Å². The third kappa shape index (κ3) is 3.67.